The molecule has 0 radical (unpaired) electrons. The molecule has 1 unspecified atom stereocenters. The molecule has 2 aromatic rings. The van der Waals surface area contributed by atoms with Crippen molar-refractivity contribution in [3.8, 4) is 0 Å². The fraction of sp³-hybridized carbons (Fsp3) is 0.312. The lowest BCUT2D eigenvalue weighted by molar-refractivity contribution is 0.491. The van der Waals surface area contributed by atoms with Crippen LogP contribution in [0.5, 0.6) is 0 Å². The van der Waals surface area contributed by atoms with Crippen LogP contribution >= 0.6 is 11.6 Å². The summed E-state index contributed by atoms with van der Waals surface area (Å²) in [7, 11) is 0. The molecule has 3 heteroatoms. The van der Waals surface area contributed by atoms with Gasteiger partial charge in [0.05, 0.1) is 5.02 Å². The average Bonchev–Trinajstić information content (AvgIpc) is 2.41. The third-order valence-corrected chi connectivity index (χ3v) is 3.78. The Morgan fingerprint density at radius 1 is 1.21 bits per heavy atom. The number of benzene rings is 1. The number of nitrogens with two attached hydrogens (primary N) is 1. The second kappa shape index (κ2) is 5.72. The van der Waals surface area contributed by atoms with Crippen LogP contribution in [0.4, 0.5) is 0 Å². The van der Waals surface area contributed by atoms with Gasteiger partial charge in [0, 0.05) is 17.9 Å². The largest absolute Gasteiger partial charge is 0.321 e. The van der Waals surface area contributed by atoms with Gasteiger partial charge in [-0.3, -0.25) is 4.98 Å². The summed E-state index contributed by atoms with van der Waals surface area (Å²) in [6.45, 7) is 4.18. The lowest BCUT2D eigenvalue weighted by Gasteiger charge is -2.26. The smallest absolute Gasteiger partial charge is 0.0622 e. The molecule has 1 heterocycles. The van der Waals surface area contributed by atoms with Crippen molar-refractivity contribution in [3.63, 3.8) is 0 Å². The summed E-state index contributed by atoms with van der Waals surface area (Å²) in [6, 6.07) is 10.4. The molecule has 100 valence electrons. The highest BCUT2D eigenvalue weighted by molar-refractivity contribution is 6.31. The van der Waals surface area contributed by atoms with Crippen molar-refractivity contribution >= 4 is 11.6 Å². The topological polar surface area (TPSA) is 38.9 Å². The highest BCUT2D eigenvalue weighted by atomic mass is 35.5. The number of aryl methyl sites for hydroxylation is 1. The molecule has 0 saturated heterocycles. The summed E-state index contributed by atoms with van der Waals surface area (Å²) in [5, 5.41) is 0.671. The Labute approximate surface area is 119 Å². The van der Waals surface area contributed by atoms with E-state index in [0.717, 1.165) is 17.5 Å². The fourth-order valence-electron chi connectivity index (χ4n) is 2.17. The van der Waals surface area contributed by atoms with Crippen LogP contribution in [0.25, 0.3) is 0 Å². The van der Waals surface area contributed by atoms with Gasteiger partial charge in [-0.15, -0.1) is 0 Å². The van der Waals surface area contributed by atoms with Gasteiger partial charge in [-0.05, 0) is 42.5 Å². The van der Waals surface area contributed by atoms with Crippen LogP contribution in [0, 0.1) is 0 Å². The first-order chi connectivity index (χ1) is 9.03. The highest BCUT2D eigenvalue weighted by Crippen LogP contribution is 2.26. The molecule has 2 nitrogen and oxygen atoms in total. The lowest BCUT2D eigenvalue weighted by Crippen LogP contribution is -2.35. The Hall–Kier alpha value is -1.38. The van der Waals surface area contributed by atoms with E-state index in [0.29, 0.717) is 11.4 Å². The molecule has 0 aliphatic heterocycles. The van der Waals surface area contributed by atoms with Gasteiger partial charge in [-0.2, -0.15) is 0 Å². The van der Waals surface area contributed by atoms with Crippen molar-refractivity contribution in [3.05, 3.63) is 64.4 Å². The monoisotopic (exact) mass is 274 g/mol. The van der Waals surface area contributed by atoms with Crippen molar-refractivity contribution in [2.45, 2.75) is 32.2 Å². The highest BCUT2D eigenvalue weighted by Gasteiger charge is 2.22. The summed E-state index contributed by atoms with van der Waals surface area (Å²) in [5.41, 5.74) is 9.49. The normalized spacial score (nSPS) is 14.1. The average molecular weight is 275 g/mol. The van der Waals surface area contributed by atoms with E-state index in [-0.39, 0.29) is 0 Å². The number of hydrogen-bond acceptors (Lipinski definition) is 2. The van der Waals surface area contributed by atoms with Gasteiger partial charge in [0.1, 0.15) is 0 Å². The molecule has 0 fully saturated rings. The number of rotatable bonds is 4. The molecule has 0 spiro atoms. The van der Waals surface area contributed by atoms with Crippen molar-refractivity contribution in [2.75, 3.05) is 0 Å². The zero-order chi connectivity index (χ0) is 13.9. The maximum Gasteiger partial charge on any atom is 0.0622 e. The lowest BCUT2D eigenvalue weighted by atomic mass is 9.86. The Morgan fingerprint density at radius 2 is 1.89 bits per heavy atom. The molecular formula is C16H19ClN2. The Balaban J connectivity index is 2.24. The predicted octanol–water partition coefficient (Wildman–Crippen LogP) is 3.71. The molecule has 1 aromatic carbocycles. The first kappa shape index (κ1) is 14.0. The van der Waals surface area contributed by atoms with Crippen molar-refractivity contribution < 1.29 is 0 Å². The van der Waals surface area contributed by atoms with Crippen LogP contribution in [-0.2, 0) is 18.4 Å². The molecule has 0 bridgehead atoms. The first-order valence-electron chi connectivity index (χ1n) is 6.49. The molecule has 19 heavy (non-hydrogen) atoms. The molecule has 2 N–H and O–H groups in total. The second-order valence-corrected chi connectivity index (χ2v) is 5.52. The minimum absolute atomic E-state index is 0.433. The summed E-state index contributed by atoms with van der Waals surface area (Å²) < 4.78 is 0. The number of nitrogens with zero attached hydrogens (tertiary/aromatic N) is 1. The summed E-state index contributed by atoms with van der Waals surface area (Å²) in [6.07, 6.45) is 5.14. The third kappa shape index (κ3) is 3.34. The van der Waals surface area contributed by atoms with Crippen LogP contribution in [0.15, 0.2) is 42.7 Å². The molecule has 0 aliphatic rings. The maximum absolute atomic E-state index is 6.45. The molecule has 2 rings (SSSR count). The molecule has 1 aromatic heterocycles. The number of hydrogen-bond donors (Lipinski definition) is 1. The molecule has 0 saturated carbocycles. The quantitative estimate of drug-likeness (QED) is 0.923. The van der Waals surface area contributed by atoms with E-state index in [1.807, 2.05) is 13.0 Å². The third-order valence-electron chi connectivity index (χ3n) is 3.44. The van der Waals surface area contributed by atoms with Crippen molar-refractivity contribution in [1.29, 1.82) is 0 Å². The molecular weight excluding hydrogens is 256 g/mol. The van der Waals surface area contributed by atoms with E-state index in [2.05, 4.69) is 36.2 Å². The second-order valence-electron chi connectivity index (χ2n) is 5.11. The zero-order valence-corrected chi connectivity index (χ0v) is 12.1. The minimum Gasteiger partial charge on any atom is -0.321 e. The molecule has 0 amide bonds. The molecule has 1 atom stereocenters. The van der Waals surface area contributed by atoms with Gasteiger partial charge >= 0.3 is 0 Å². The van der Waals surface area contributed by atoms with Crippen LogP contribution in [-0.4, -0.2) is 4.98 Å². The predicted molar refractivity (Wildman–Crippen MR) is 80.3 cm³/mol. The first-order valence-corrected chi connectivity index (χ1v) is 6.87. The van der Waals surface area contributed by atoms with E-state index in [1.54, 1.807) is 12.4 Å². The van der Waals surface area contributed by atoms with E-state index < -0.39 is 5.54 Å². The number of aromatic nitrogens is 1. The van der Waals surface area contributed by atoms with Crippen LogP contribution in [0.1, 0.15) is 30.5 Å². The fourth-order valence-corrected chi connectivity index (χ4v) is 2.35. The van der Waals surface area contributed by atoms with Gasteiger partial charge < -0.3 is 5.73 Å². The van der Waals surface area contributed by atoms with E-state index in [1.165, 1.54) is 5.56 Å². The van der Waals surface area contributed by atoms with Crippen LogP contribution < -0.4 is 5.73 Å². The van der Waals surface area contributed by atoms with Gasteiger partial charge in [-0.25, -0.2) is 0 Å². The van der Waals surface area contributed by atoms with Gasteiger partial charge in [0.2, 0.25) is 0 Å². The Kier molecular flexibility index (Phi) is 4.23. The van der Waals surface area contributed by atoms with E-state index >= 15 is 0 Å². The Morgan fingerprint density at radius 3 is 2.47 bits per heavy atom. The van der Waals surface area contributed by atoms with Crippen LogP contribution in [0.2, 0.25) is 5.02 Å². The summed E-state index contributed by atoms with van der Waals surface area (Å²) in [5.74, 6) is 0. The van der Waals surface area contributed by atoms with Crippen molar-refractivity contribution in [2.24, 2.45) is 5.73 Å². The van der Waals surface area contributed by atoms with Crippen LogP contribution in [0.3, 0.4) is 0 Å². The van der Waals surface area contributed by atoms with E-state index in [4.69, 9.17) is 17.3 Å². The van der Waals surface area contributed by atoms with Gasteiger partial charge in [-0.1, -0.05) is 42.8 Å². The number of pyridine rings is 1. The SMILES string of the molecule is CCc1ccc(C(C)(N)Cc2ccncc2Cl)cc1. The zero-order valence-electron chi connectivity index (χ0n) is 11.4. The van der Waals surface area contributed by atoms with E-state index in [9.17, 15) is 0 Å². The minimum atomic E-state index is -0.433. The Bertz CT molecular complexity index is 547. The standard InChI is InChI=1S/C16H19ClN2/c1-3-12-4-6-14(7-5-12)16(2,18)10-13-8-9-19-11-15(13)17/h4-9,11H,3,10,18H2,1-2H3. The maximum atomic E-state index is 6.45. The van der Waals surface area contributed by atoms with Gasteiger partial charge in [0.25, 0.3) is 0 Å². The summed E-state index contributed by atoms with van der Waals surface area (Å²) in [4.78, 5) is 4.00. The number of halogens is 1. The molecule has 0 aliphatic carbocycles. The van der Waals surface area contributed by atoms with Crippen molar-refractivity contribution in [1.82, 2.24) is 4.98 Å². The van der Waals surface area contributed by atoms with Gasteiger partial charge in [0.15, 0.2) is 0 Å². The summed E-state index contributed by atoms with van der Waals surface area (Å²) >= 11 is 6.15.